The van der Waals surface area contributed by atoms with Crippen molar-refractivity contribution >= 4 is 5.84 Å². The van der Waals surface area contributed by atoms with Crippen LogP contribution in [0.1, 0.15) is 16.7 Å². The number of aryl methyl sites for hydroxylation is 2. The molecule has 0 fully saturated rings. The van der Waals surface area contributed by atoms with E-state index in [1.54, 1.807) is 17.7 Å². The van der Waals surface area contributed by atoms with Crippen molar-refractivity contribution in [1.29, 1.82) is 5.41 Å². The average Bonchev–Trinajstić information content (AvgIpc) is 2.48. The smallest absolute Gasteiger partial charge is 0.262 e. The van der Waals surface area contributed by atoms with Gasteiger partial charge in [0.1, 0.15) is 5.84 Å². The van der Waals surface area contributed by atoms with Crippen LogP contribution >= 0.6 is 0 Å². The molecule has 0 amide bonds. The Morgan fingerprint density at radius 3 is 2.64 bits per heavy atom. The molecule has 5 heteroatoms. The van der Waals surface area contributed by atoms with Gasteiger partial charge in [-0.25, -0.2) is 0 Å². The van der Waals surface area contributed by atoms with E-state index in [-0.39, 0.29) is 17.0 Å². The number of ether oxygens (including phenoxy) is 1. The van der Waals surface area contributed by atoms with Crippen molar-refractivity contribution in [3.8, 4) is 11.3 Å². The fourth-order valence-corrected chi connectivity index (χ4v) is 2.43. The summed E-state index contributed by atoms with van der Waals surface area (Å²) in [4.78, 5) is 12.6. The summed E-state index contributed by atoms with van der Waals surface area (Å²) >= 11 is 0. The van der Waals surface area contributed by atoms with E-state index in [2.05, 4.69) is 6.07 Å². The van der Waals surface area contributed by atoms with Crippen molar-refractivity contribution in [3.63, 3.8) is 0 Å². The lowest BCUT2D eigenvalue weighted by atomic mass is 10.0. The van der Waals surface area contributed by atoms with Gasteiger partial charge in [0.25, 0.3) is 5.56 Å². The Morgan fingerprint density at radius 2 is 2.00 bits per heavy atom. The minimum Gasteiger partial charge on any atom is -0.384 e. The molecule has 5 nitrogen and oxygen atoms in total. The van der Waals surface area contributed by atoms with E-state index in [0.29, 0.717) is 13.2 Å². The first-order valence-corrected chi connectivity index (χ1v) is 7.10. The van der Waals surface area contributed by atoms with Crippen LogP contribution in [0.2, 0.25) is 0 Å². The first-order valence-electron chi connectivity index (χ1n) is 7.10. The van der Waals surface area contributed by atoms with Crippen molar-refractivity contribution < 1.29 is 4.74 Å². The summed E-state index contributed by atoms with van der Waals surface area (Å²) < 4.78 is 6.73. The SMILES string of the molecule is COCCn1c(-c2cc(C)ccc2C)ccc(C(=N)N)c1=O. The predicted octanol–water partition coefficient (Wildman–Crippen LogP) is 2.06. The minimum atomic E-state index is -0.261. The molecule has 0 saturated carbocycles. The second-order valence-electron chi connectivity index (χ2n) is 5.31. The van der Waals surface area contributed by atoms with Gasteiger partial charge in [-0.05, 0) is 37.6 Å². The molecule has 1 aromatic carbocycles. The van der Waals surface area contributed by atoms with E-state index in [1.165, 1.54) is 0 Å². The molecule has 0 aliphatic carbocycles. The maximum Gasteiger partial charge on any atom is 0.262 e. The van der Waals surface area contributed by atoms with Crippen LogP contribution in [0.25, 0.3) is 11.3 Å². The third kappa shape index (κ3) is 3.09. The Bertz CT molecular complexity index is 763. The Hall–Kier alpha value is -2.40. The summed E-state index contributed by atoms with van der Waals surface area (Å²) in [6, 6.07) is 9.59. The van der Waals surface area contributed by atoms with Gasteiger partial charge in [0.2, 0.25) is 0 Å². The molecule has 0 aliphatic rings. The molecule has 22 heavy (non-hydrogen) atoms. The summed E-state index contributed by atoms with van der Waals surface area (Å²) in [7, 11) is 1.59. The van der Waals surface area contributed by atoms with E-state index in [1.807, 2.05) is 32.0 Å². The third-order valence-electron chi connectivity index (χ3n) is 3.65. The molecule has 1 heterocycles. The number of rotatable bonds is 5. The topological polar surface area (TPSA) is 81.1 Å². The molecule has 0 unspecified atom stereocenters. The zero-order valence-corrected chi connectivity index (χ0v) is 13.1. The molecule has 0 bridgehead atoms. The van der Waals surface area contributed by atoms with Crippen LogP contribution in [0.15, 0.2) is 35.1 Å². The summed E-state index contributed by atoms with van der Waals surface area (Å²) in [6.07, 6.45) is 0. The molecule has 1 aromatic heterocycles. The molecule has 3 N–H and O–H groups in total. The van der Waals surface area contributed by atoms with Crippen LogP contribution in [0.3, 0.4) is 0 Å². The molecule has 0 aliphatic heterocycles. The number of nitrogens with zero attached hydrogens (tertiary/aromatic N) is 1. The van der Waals surface area contributed by atoms with Gasteiger partial charge < -0.3 is 15.0 Å². The highest BCUT2D eigenvalue weighted by Gasteiger charge is 2.13. The molecule has 0 radical (unpaired) electrons. The highest BCUT2D eigenvalue weighted by molar-refractivity contribution is 5.94. The molecule has 116 valence electrons. The number of nitrogens with one attached hydrogen (secondary N) is 1. The van der Waals surface area contributed by atoms with E-state index in [9.17, 15) is 4.79 Å². The monoisotopic (exact) mass is 299 g/mol. The van der Waals surface area contributed by atoms with Crippen LogP contribution in [-0.4, -0.2) is 24.1 Å². The summed E-state index contributed by atoms with van der Waals surface area (Å²) in [6.45, 7) is 4.86. The standard InChI is InChI=1S/C17H21N3O2/c1-11-4-5-12(2)14(10-11)15-7-6-13(16(18)19)17(21)20(15)8-9-22-3/h4-7,10H,8-9H2,1-3H3,(H3,18,19). The summed E-state index contributed by atoms with van der Waals surface area (Å²) in [5.74, 6) is -0.219. The molecular formula is C17H21N3O2. The van der Waals surface area contributed by atoms with Gasteiger partial charge in [0, 0.05) is 19.2 Å². The van der Waals surface area contributed by atoms with Crippen LogP contribution in [-0.2, 0) is 11.3 Å². The number of hydrogen-bond acceptors (Lipinski definition) is 3. The fourth-order valence-electron chi connectivity index (χ4n) is 2.43. The number of pyridine rings is 1. The Morgan fingerprint density at radius 1 is 1.27 bits per heavy atom. The highest BCUT2D eigenvalue weighted by Crippen LogP contribution is 2.24. The Labute approximate surface area is 129 Å². The largest absolute Gasteiger partial charge is 0.384 e. The number of methoxy groups -OCH3 is 1. The molecule has 2 aromatic rings. The number of benzene rings is 1. The lowest BCUT2D eigenvalue weighted by Crippen LogP contribution is -2.31. The summed E-state index contributed by atoms with van der Waals surface area (Å²) in [5.41, 5.74) is 9.48. The van der Waals surface area contributed by atoms with Crippen LogP contribution in [0, 0.1) is 19.3 Å². The Balaban J connectivity index is 2.69. The van der Waals surface area contributed by atoms with Gasteiger partial charge in [-0.15, -0.1) is 0 Å². The zero-order chi connectivity index (χ0) is 16.3. The van der Waals surface area contributed by atoms with E-state index >= 15 is 0 Å². The predicted molar refractivity (Wildman–Crippen MR) is 88.5 cm³/mol. The van der Waals surface area contributed by atoms with Crippen molar-refractivity contribution in [2.75, 3.05) is 13.7 Å². The fraction of sp³-hybridized carbons (Fsp3) is 0.294. The van der Waals surface area contributed by atoms with Crippen LogP contribution in [0.4, 0.5) is 0 Å². The van der Waals surface area contributed by atoms with E-state index in [4.69, 9.17) is 15.9 Å². The number of hydrogen-bond donors (Lipinski definition) is 2. The highest BCUT2D eigenvalue weighted by atomic mass is 16.5. The minimum absolute atomic E-state index is 0.213. The zero-order valence-electron chi connectivity index (χ0n) is 13.1. The molecule has 0 spiro atoms. The normalized spacial score (nSPS) is 10.7. The van der Waals surface area contributed by atoms with E-state index in [0.717, 1.165) is 22.4 Å². The van der Waals surface area contributed by atoms with Gasteiger partial charge in [-0.1, -0.05) is 17.7 Å². The number of nitrogens with two attached hydrogens (primary N) is 1. The third-order valence-corrected chi connectivity index (χ3v) is 3.65. The first-order chi connectivity index (χ1) is 10.5. The van der Waals surface area contributed by atoms with Crippen LogP contribution in [0.5, 0.6) is 0 Å². The number of aromatic nitrogens is 1. The Kier molecular flexibility index (Phi) is 4.78. The molecular weight excluding hydrogens is 278 g/mol. The average molecular weight is 299 g/mol. The van der Waals surface area contributed by atoms with Crippen molar-refractivity contribution in [2.24, 2.45) is 5.73 Å². The molecule has 2 rings (SSSR count). The van der Waals surface area contributed by atoms with Gasteiger partial charge in [0.05, 0.1) is 17.9 Å². The van der Waals surface area contributed by atoms with Gasteiger partial charge in [-0.2, -0.15) is 0 Å². The maximum atomic E-state index is 12.6. The lowest BCUT2D eigenvalue weighted by molar-refractivity contribution is 0.186. The maximum absolute atomic E-state index is 12.6. The van der Waals surface area contributed by atoms with Crippen LogP contribution < -0.4 is 11.3 Å². The van der Waals surface area contributed by atoms with Crippen molar-refractivity contribution in [3.05, 3.63) is 57.4 Å². The van der Waals surface area contributed by atoms with Crippen molar-refractivity contribution in [1.82, 2.24) is 4.57 Å². The van der Waals surface area contributed by atoms with E-state index < -0.39 is 0 Å². The van der Waals surface area contributed by atoms with Gasteiger partial charge >= 0.3 is 0 Å². The van der Waals surface area contributed by atoms with Gasteiger partial charge in [-0.3, -0.25) is 10.2 Å². The second-order valence-corrected chi connectivity index (χ2v) is 5.31. The second kappa shape index (κ2) is 6.58. The first kappa shape index (κ1) is 16.0. The number of nitrogen functional groups attached to an aromatic ring is 1. The molecule has 0 saturated heterocycles. The summed E-state index contributed by atoms with van der Waals surface area (Å²) in [5, 5.41) is 7.53. The molecule has 0 atom stereocenters. The van der Waals surface area contributed by atoms with Gasteiger partial charge in [0.15, 0.2) is 0 Å². The lowest BCUT2D eigenvalue weighted by Gasteiger charge is -2.16. The number of amidine groups is 1. The quantitative estimate of drug-likeness (QED) is 0.655. The van der Waals surface area contributed by atoms with Crippen molar-refractivity contribution in [2.45, 2.75) is 20.4 Å².